The molecule has 0 atom stereocenters. The third-order valence-corrected chi connectivity index (χ3v) is 3.71. The Kier molecular flexibility index (Phi) is 4.09. The maximum absolute atomic E-state index is 5.59. The molecule has 0 aliphatic carbocycles. The van der Waals surface area contributed by atoms with Crippen molar-refractivity contribution < 1.29 is 9.47 Å². The van der Waals surface area contributed by atoms with Crippen LogP contribution in [0.5, 0.6) is 11.5 Å². The first kappa shape index (κ1) is 13.3. The fourth-order valence-corrected chi connectivity index (χ4v) is 2.61. The van der Waals surface area contributed by atoms with Gasteiger partial charge in [-0.1, -0.05) is 32.6 Å². The van der Waals surface area contributed by atoms with E-state index in [9.17, 15) is 0 Å². The Hall–Kier alpha value is -1.71. The summed E-state index contributed by atoms with van der Waals surface area (Å²) in [5.74, 6) is 2.70. The minimum Gasteiger partial charge on any atom is -0.486 e. The lowest BCUT2D eigenvalue weighted by molar-refractivity contribution is 0.172. The number of aromatic nitrogens is 2. The van der Waals surface area contributed by atoms with Crippen LogP contribution in [0.25, 0.3) is 11.0 Å². The molecule has 0 saturated heterocycles. The third-order valence-electron chi connectivity index (χ3n) is 3.71. The number of H-pyrrole nitrogens is 1. The normalized spacial score (nSPS) is 13.8. The van der Waals surface area contributed by atoms with Gasteiger partial charge in [0.05, 0.1) is 11.0 Å². The Morgan fingerprint density at radius 3 is 2.60 bits per heavy atom. The number of rotatable bonds is 6. The largest absolute Gasteiger partial charge is 0.486 e. The van der Waals surface area contributed by atoms with Crippen molar-refractivity contribution in [2.24, 2.45) is 0 Å². The van der Waals surface area contributed by atoms with Gasteiger partial charge in [0.1, 0.15) is 19.0 Å². The quantitative estimate of drug-likeness (QED) is 0.814. The summed E-state index contributed by atoms with van der Waals surface area (Å²) in [6.07, 6.45) is 7.45. The maximum atomic E-state index is 5.59. The molecular formula is C16H22N2O2. The molecule has 0 amide bonds. The molecule has 0 radical (unpaired) electrons. The van der Waals surface area contributed by atoms with E-state index >= 15 is 0 Å². The van der Waals surface area contributed by atoms with Crippen molar-refractivity contribution in [2.75, 3.05) is 13.2 Å². The van der Waals surface area contributed by atoms with Gasteiger partial charge in [0, 0.05) is 18.6 Å². The van der Waals surface area contributed by atoms with Crippen molar-refractivity contribution in [3.8, 4) is 11.5 Å². The summed E-state index contributed by atoms with van der Waals surface area (Å²) in [6.45, 7) is 3.48. The van der Waals surface area contributed by atoms with Crippen molar-refractivity contribution in [2.45, 2.75) is 45.4 Å². The van der Waals surface area contributed by atoms with Crippen LogP contribution in [-0.2, 0) is 6.42 Å². The van der Waals surface area contributed by atoms with Crippen LogP contribution in [0.15, 0.2) is 12.1 Å². The molecule has 0 spiro atoms. The predicted octanol–water partition coefficient (Wildman–Crippen LogP) is 3.85. The smallest absolute Gasteiger partial charge is 0.163 e. The van der Waals surface area contributed by atoms with Crippen molar-refractivity contribution in [3.63, 3.8) is 0 Å². The number of hydrogen-bond donors (Lipinski definition) is 1. The van der Waals surface area contributed by atoms with Crippen molar-refractivity contribution in [1.82, 2.24) is 9.97 Å². The zero-order valence-corrected chi connectivity index (χ0v) is 12.1. The van der Waals surface area contributed by atoms with E-state index in [4.69, 9.17) is 9.47 Å². The van der Waals surface area contributed by atoms with E-state index in [-0.39, 0.29) is 0 Å². The van der Waals surface area contributed by atoms with Gasteiger partial charge in [-0.2, -0.15) is 0 Å². The topological polar surface area (TPSA) is 47.1 Å². The molecule has 4 heteroatoms. The van der Waals surface area contributed by atoms with E-state index in [0.29, 0.717) is 13.2 Å². The van der Waals surface area contributed by atoms with Crippen molar-refractivity contribution in [1.29, 1.82) is 0 Å². The molecule has 3 rings (SSSR count). The van der Waals surface area contributed by atoms with E-state index in [1.165, 1.54) is 32.1 Å². The van der Waals surface area contributed by atoms with Gasteiger partial charge in [0.25, 0.3) is 0 Å². The van der Waals surface area contributed by atoms with Crippen molar-refractivity contribution >= 4 is 11.0 Å². The van der Waals surface area contributed by atoms with Gasteiger partial charge in [0.2, 0.25) is 0 Å². The van der Waals surface area contributed by atoms with Crippen LogP contribution < -0.4 is 9.47 Å². The summed E-state index contributed by atoms with van der Waals surface area (Å²) >= 11 is 0. The van der Waals surface area contributed by atoms with Crippen molar-refractivity contribution in [3.05, 3.63) is 18.0 Å². The molecule has 1 aromatic heterocycles. The summed E-state index contributed by atoms with van der Waals surface area (Å²) in [5, 5.41) is 0. The zero-order chi connectivity index (χ0) is 13.8. The first-order chi connectivity index (χ1) is 9.86. The molecule has 1 aliphatic heterocycles. The molecule has 0 saturated carbocycles. The number of hydrogen-bond acceptors (Lipinski definition) is 3. The van der Waals surface area contributed by atoms with Crippen LogP contribution in [0.3, 0.4) is 0 Å². The summed E-state index contributed by atoms with van der Waals surface area (Å²) in [4.78, 5) is 8.04. The first-order valence-corrected chi connectivity index (χ1v) is 7.65. The van der Waals surface area contributed by atoms with Gasteiger partial charge in [-0.15, -0.1) is 0 Å². The van der Waals surface area contributed by atoms with Crippen LogP contribution in [0.1, 0.15) is 44.9 Å². The molecule has 1 aliphatic rings. The van der Waals surface area contributed by atoms with Gasteiger partial charge >= 0.3 is 0 Å². The fourth-order valence-electron chi connectivity index (χ4n) is 2.61. The summed E-state index contributed by atoms with van der Waals surface area (Å²) in [6, 6.07) is 3.97. The van der Waals surface area contributed by atoms with Crippen LogP contribution in [0.2, 0.25) is 0 Å². The average Bonchev–Trinajstić information content (AvgIpc) is 2.86. The molecule has 4 nitrogen and oxygen atoms in total. The summed E-state index contributed by atoms with van der Waals surface area (Å²) < 4.78 is 11.2. The molecule has 2 heterocycles. The molecular weight excluding hydrogens is 252 g/mol. The molecule has 0 unspecified atom stereocenters. The zero-order valence-electron chi connectivity index (χ0n) is 12.1. The van der Waals surface area contributed by atoms with E-state index in [0.717, 1.165) is 34.8 Å². The second kappa shape index (κ2) is 6.16. The lowest BCUT2D eigenvalue weighted by Crippen LogP contribution is -2.15. The average molecular weight is 274 g/mol. The lowest BCUT2D eigenvalue weighted by atomic mass is 10.1. The number of ether oxygens (including phenoxy) is 2. The Labute approximate surface area is 119 Å². The second-order valence-electron chi connectivity index (χ2n) is 5.36. The monoisotopic (exact) mass is 274 g/mol. The van der Waals surface area contributed by atoms with E-state index in [2.05, 4.69) is 16.9 Å². The van der Waals surface area contributed by atoms with Crippen LogP contribution in [-0.4, -0.2) is 23.2 Å². The minimum absolute atomic E-state index is 0.618. The number of aryl methyl sites for hydroxylation is 1. The van der Waals surface area contributed by atoms with Crippen LogP contribution in [0.4, 0.5) is 0 Å². The van der Waals surface area contributed by atoms with Gasteiger partial charge in [-0.25, -0.2) is 4.98 Å². The standard InChI is InChI=1S/C16H22N2O2/c1-2-3-4-5-6-7-16-17-12-10-14-15(11-13(12)18-16)20-9-8-19-14/h10-11H,2-9H2,1H3,(H,17,18). The van der Waals surface area contributed by atoms with Gasteiger partial charge in [0.15, 0.2) is 11.5 Å². The fraction of sp³-hybridized carbons (Fsp3) is 0.562. The Balaban J connectivity index is 1.67. The number of benzene rings is 1. The highest BCUT2D eigenvalue weighted by atomic mass is 16.6. The van der Waals surface area contributed by atoms with Gasteiger partial charge in [-0.05, 0) is 6.42 Å². The minimum atomic E-state index is 0.618. The molecule has 108 valence electrons. The lowest BCUT2D eigenvalue weighted by Gasteiger charge is -2.17. The van der Waals surface area contributed by atoms with Gasteiger partial charge in [-0.3, -0.25) is 0 Å². The number of nitrogens with one attached hydrogen (secondary N) is 1. The molecule has 20 heavy (non-hydrogen) atoms. The van der Waals surface area contributed by atoms with E-state index in [1.807, 2.05) is 12.1 Å². The number of imidazole rings is 1. The van der Waals surface area contributed by atoms with Crippen LogP contribution >= 0.6 is 0 Å². The molecule has 0 bridgehead atoms. The molecule has 0 fully saturated rings. The second-order valence-corrected chi connectivity index (χ2v) is 5.36. The summed E-state index contributed by atoms with van der Waals surface area (Å²) in [5.41, 5.74) is 2.01. The summed E-state index contributed by atoms with van der Waals surface area (Å²) in [7, 11) is 0. The third kappa shape index (κ3) is 2.89. The highest BCUT2D eigenvalue weighted by Gasteiger charge is 2.14. The highest BCUT2D eigenvalue weighted by Crippen LogP contribution is 2.33. The van der Waals surface area contributed by atoms with E-state index in [1.54, 1.807) is 0 Å². The highest BCUT2D eigenvalue weighted by molar-refractivity contribution is 5.79. The predicted molar refractivity (Wildman–Crippen MR) is 79.5 cm³/mol. The van der Waals surface area contributed by atoms with Crippen LogP contribution in [0, 0.1) is 0 Å². The Morgan fingerprint density at radius 1 is 1.05 bits per heavy atom. The Bertz CT molecular complexity index is 534. The maximum Gasteiger partial charge on any atom is 0.163 e. The first-order valence-electron chi connectivity index (χ1n) is 7.65. The van der Waals surface area contributed by atoms with Gasteiger partial charge < -0.3 is 14.5 Å². The molecule has 1 N–H and O–H groups in total. The number of aromatic amines is 1. The number of nitrogens with zero attached hydrogens (tertiary/aromatic N) is 1. The van der Waals surface area contributed by atoms with E-state index < -0.39 is 0 Å². The number of fused-ring (bicyclic) bond motifs is 2. The molecule has 1 aromatic carbocycles. The SMILES string of the molecule is CCCCCCCc1nc2cc3c(cc2[nH]1)OCCO3. The number of unbranched alkanes of at least 4 members (excludes halogenated alkanes) is 4. The molecule has 2 aromatic rings. The Morgan fingerprint density at radius 2 is 1.80 bits per heavy atom.